The van der Waals surface area contributed by atoms with Crippen LogP contribution in [0.2, 0.25) is 0 Å². The topological polar surface area (TPSA) is 114 Å². The van der Waals surface area contributed by atoms with Crippen LogP contribution in [-0.4, -0.2) is 35.7 Å². The number of hydrogen-bond acceptors (Lipinski definition) is 4. The third-order valence-electron chi connectivity index (χ3n) is 4.87. The van der Waals surface area contributed by atoms with Gasteiger partial charge in [-0.25, -0.2) is 4.79 Å². The van der Waals surface area contributed by atoms with Gasteiger partial charge in [-0.15, -0.1) is 0 Å². The number of phenols is 1. The van der Waals surface area contributed by atoms with Crippen molar-refractivity contribution in [3.63, 3.8) is 0 Å². The Morgan fingerprint density at radius 2 is 1.86 bits per heavy atom. The lowest BCUT2D eigenvalue weighted by Crippen LogP contribution is -2.51. The van der Waals surface area contributed by atoms with Crippen LogP contribution in [0.25, 0.3) is 0 Å². The molecule has 0 aromatic heterocycles. The minimum absolute atomic E-state index is 0.0494. The summed E-state index contributed by atoms with van der Waals surface area (Å²) in [6.45, 7) is 0.226. The fourth-order valence-corrected chi connectivity index (χ4v) is 3.23. The molecule has 1 aliphatic rings. The third-order valence-corrected chi connectivity index (χ3v) is 4.87. The Labute approximate surface area is 169 Å². The van der Waals surface area contributed by atoms with E-state index in [1.54, 1.807) is 12.1 Å². The number of benzene rings is 2. The van der Waals surface area contributed by atoms with Gasteiger partial charge in [0.2, 0.25) is 5.91 Å². The quantitative estimate of drug-likeness (QED) is 0.516. The van der Waals surface area contributed by atoms with E-state index in [0.717, 1.165) is 12.0 Å². The van der Waals surface area contributed by atoms with Crippen molar-refractivity contribution in [3.05, 3.63) is 65.7 Å². The summed E-state index contributed by atoms with van der Waals surface area (Å²) in [5.74, 6) is 0.0796. The van der Waals surface area contributed by atoms with Gasteiger partial charge in [-0.2, -0.15) is 5.26 Å². The smallest absolute Gasteiger partial charge is 0.315 e. The molecule has 0 aliphatic heterocycles. The van der Waals surface area contributed by atoms with Gasteiger partial charge in [0.15, 0.2) is 0 Å². The molecular weight excluding hydrogens is 368 g/mol. The number of hydrogen-bond donors (Lipinski definition) is 4. The van der Waals surface area contributed by atoms with E-state index in [1.807, 2.05) is 36.4 Å². The third kappa shape index (κ3) is 5.98. The number of nitrogens with zero attached hydrogens (tertiary/aromatic N) is 1. The predicted octanol–water partition coefficient (Wildman–Crippen LogP) is 2.19. The normalized spacial score (nSPS) is 18.2. The Bertz CT molecular complexity index is 877. The first-order chi connectivity index (χ1) is 14.1. The zero-order valence-electron chi connectivity index (χ0n) is 16.0. The van der Waals surface area contributed by atoms with Crippen LogP contribution < -0.4 is 16.0 Å². The van der Waals surface area contributed by atoms with Gasteiger partial charge in [-0.3, -0.25) is 4.79 Å². The Balaban J connectivity index is 1.58. The van der Waals surface area contributed by atoms with Crippen molar-refractivity contribution in [1.29, 1.82) is 5.26 Å². The van der Waals surface area contributed by atoms with Crippen LogP contribution in [0, 0.1) is 11.3 Å². The maximum Gasteiger partial charge on any atom is 0.315 e. The molecular formula is C22H24N4O3. The Morgan fingerprint density at radius 3 is 2.55 bits per heavy atom. The highest BCUT2D eigenvalue weighted by Crippen LogP contribution is 2.40. The SMILES string of the molecule is N#CCCNC(=O)C(Cc1ccc(O)cc1)NC(=O)NC1CC1c1ccccc1. The average Bonchev–Trinajstić information content (AvgIpc) is 3.49. The maximum absolute atomic E-state index is 12.5. The van der Waals surface area contributed by atoms with Gasteiger partial charge >= 0.3 is 6.03 Å². The molecule has 29 heavy (non-hydrogen) atoms. The van der Waals surface area contributed by atoms with E-state index in [1.165, 1.54) is 17.7 Å². The highest BCUT2D eigenvalue weighted by molar-refractivity contribution is 5.87. The van der Waals surface area contributed by atoms with Crippen molar-refractivity contribution in [3.8, 4) is 11.8 Å². The second-order valence-electron chi connectivity index (χ2n) is 7.10. The van der Waals surface area contributed by atoms with Gasteiger partial charge in [-0.05, 0) is 29.7 Å². The Morgan fingerprint density at radius 1 is 1.14 bits per heavy atom. The lowest BCUT2D eigenvalue weighted by Gasteiger charge is -2.19. The summed E-state index contributed by atoms with van der Waals surface area (Å²) in [7, 11) is 0. The average molecular weight is 392 g/mol. The lowest BCUT2D eigenvalue weighted by molar-refractivity contribution is -0.122. The van der Waals surface area contributed by atoms with Crippen molar-refractivity contribution in [1.82, 2.24) is 16.0 Å². The van der Waals surface area contributed by atoms with Crippen molar-refractivity contribution in [2.45, 2.75) is 37.3 Å². The van der Waals surface area contributed by atoms with Crippen molar-refractivity contribution in [2.24, 2.45) is 0 Å². The molecule has 0 spiro atoms. The van der Waals surface area contributed by atoms with Crippen molar-refractivity contribution in [2.75, 3.05) is 6.54 Å². The molecule has 2 aromatic carbocycles. The first-order valence-corrected chi connectivity index (χ1v) is 9.61. The first kappa shape index (κ1) is 20.2. The van der Waals surface area contributed by atoms with Crippen LogP contribution in [0.3, 0.4) is 0 Å². The molecule has 0 bridgehead atoms. The van der Waals surface area contributed by atoms with E-state index in [0.29, 0.717) is 5.92 Å². The van der Waals surface area contributed by atoms with E-state index in [9.17, 15) is 14.7 Å². The fourth-order valence-electron chi connectivity index (χ4n) is 3.23. The fraction of sp³-hybridized carbons (Fsp3) is 0.318. The van der Waals surface area contributed by atoms with Crippen LogP contribution in [0.1, 0.15) is 29.9 Å². The molecule has 7 heteroatoms. The van der Waals surface area contributed by atoms with Gasteiger partial charge < -0.3 is 21.1 Å². The minimum Gasteiger partial charge on any atom is -0.508 e. The zero-order chi connectivity index (χ0) is 20.6. The molecule has 0 radical (unpaired) electrons. The van der Waals surface area contributed by atoms with Crippen molar-refractivity contribution < 1.29 is 14.7 Å². The number of carbonyl (C=O) groups is 2. The van der Waals surface area contributed by atoms with Crippen LogP contribution in [-0.2, 0) is 11.2 Å². The summed E-state index contributed by atoms with van der Waals surface area (Å²) >= 11 is 0. The monoisotopic (exact) mass is 392 g/mol. The second-order valence-corrected chi connectivity index (χ2v) is 7.10. The molecule has 3 rings (SSSR count). The molecule has 7 nitrogen and oxygen atoms in total. The van der Waals surface area contributed by atoms with Crippen LogP contribution in [0.5, 0.6) is 5.75 Å². The molecule has 0 heterocycles. The van der Waals surface area contributed by atoms with E-state index >= 15 is 0 Å². The number of carbonyl (C=O) groups excluding carboxylic acids is 2. The molecule has 1 fully saturated rings. The number of rotatable bonds is 8. The summed E-state index contributed by atoms with van der Waals surface area (Å²) in [6, 6.07) is 17.3. The molecule has 150 valence electrons. The summed E-state index contributed by atoms with van der Waals surface area (Å²) in [6.07, 6.45) is 1.35. The number of urea groups is 1. The number of nitriles is 1. The number of amides is 3. The Hall–Kier alpha value is -3.53. The van der Waals surface area contributed by atoms with Gasteiger partial charge in [-0.1, -0.05) is 42.5 Å². The Kier molecular flexibility index (Phi) is 6.69. The molecule has 3 unspecified atom stereocenters. The lowest BCUT2D eigenvalue weighted by atomic mass is 10.1. The van der Waals surface area contributed by atoms with Gasteiger partial charge in [0.05, 0.1) is 12.5 Å². The summed E-state index contributed by atoms with van der Waals surface area (Å²) in [5, 5.41) is 26.4. The van der Waals surface area contributed by atoms with E-state index < -0.39 is 12.1 Å². The molecule has 1 saturated carbocycles. The maximum atomic E-state index is 12.5. The molecule has 4 N–H and O–H groups in total. The minimum atomic E-state index is -0.785. The highest BCUT2D eigenvalue weighted by Gasteiger charge is 2.39. The van der Waals surface area contributed by atoms with E-state index in [-0.39, 0.29) is 37.1 Å². The van der Waals surface area contributed by atoms with Gasteiger partial charge in [0.25, 0.3) is 0 Å². The molecule has 0 saturated heterocycles. The zero-order valence-corrected chi connectivity index (χ0v) is 16.0. The van der Waals surface area contributed by atoms with Gasteiger partial charge in [0, 0.05) is 24.9 Å². The number of aromatic hydroxyl groups is 1. The number of nitrogens with one attached hydrogen (secondary N) is 3. The van der Waals surface area contributed by atoms with E-state index in [2.05, 4.69) is 16.0 Å². The number of phenolic OH excluding ortho intramolecular Hbond substituents is 1. The summed E-state index contributed by atoms with van der Waals surface area (Å²) in [4.78, 5) is 25.0. The molecule has 3 atom stereocenters. The van der Waals surface area contributed by atoms with Crippen LogP contribution >= 0.6 is 0 Å². The van der Waals surface area contributed by atoms with Crippen LogP contribution in [0.4, 0.5) is 4.79 Å². The highest BCUT2D eigenvalue weighted by atomic mass is 16.3. The second kappa shape index (κ2) is 9.60. The molecule has 1 aliphatic carbocycles. The van der Waals surface area contributed by atoms with Gasteiger partial charge in [0.1, 0.15) is 11.8 Å². The molecule has 3 amide bonds. The predicted molar refractivity (Wildman–Crippen MR) is 108 cm³/mol. The largest absolute Gasteiger partial charge is 0.508 e. The van der Waals surface area contributed by atoms with E-state index in [4.69, 9.17) is 5.26 Å². The van der Waals surface area contributed by atoms with Crippen molar-refractivity contribution >= 4 is 11.9 Å². The molecule has 2 aromatic rings. The summed E-state index contributed by atoms with van der Waals surface area (Å²) < 4.78 is 0. The first-order valence-electron chi connectivity index (χ1n) is 9.61. The van der Waals surface area contributed by atoms with Crippen LogP contribution in [0.15, 0.2) is 54.6 Å². The standard InChI is InChI=1S/C22H24N4O3/c23-11-4-12-24-21(28)20(13-15-7-9-17(27)10-8-15)26-22(29)25-19-14-18(19)16-5-2-1-3-6-16/h1-3,5-10,18-20,27H,4,12-14H2,(H,24,28)(H2,25,26,29). The summed E-state index contributed by atoms with van der Waals surface area (Å²) in [5.41, 5.74) is 1.99.